The summed E-state index contributed by atoms with van der Waals surface area (Å²) in [7, 11) is 0. The van der Waals surface area contributed by atoms with E-state index in [1.54, 1.807) is 22.7 Å². The number of alkyl halides is 2. The highest BCUT2D eigenvalue weighted by Crippen LogP contribution is 2.29. The molecular weight excluding hydrogens is 467 g/mol. The van der Waals surface area contributed by atoms with Crippen LogP contribution >= 0.6 is 77.7 Å². The van der Waals surface area contributed by atoms with Crippen molar-refractivity contribution in [2.75, 3.05) is 0 Å². The van der Waals surface area contributed by atoms with Crippen LogP contribution in [0.3, 0.4) is 0 Å². The Labute approximate surface area is 152 Å². The van der Waals surface area contributed by atoms with E-state index in [1.807, 2.05) is 22.9 Å². The van der Waals surface area contributed by atoms with Crippen LogP contribution in [0.1, 0.15) is 9.75 Å². The quantitative estimate of drug-likeness (QED) is 0.467. The smallest absolute Gasteiger partial charge is 0.160 e. The summed E-state index contributed by atoms with van der Waals surface area (Å²) in [5.74, 6) is 0.110. The fraction of sp³-hybridized carbons (Fsp3) is 0.308. The third-order valence-electron chi connectivity index (χ3n) is 2.73. The molecule has 0 aliphatic carbocycles. The SMILES string of the molecule is O=C(C(Br)Cc1sccc1Cl)C(Br)Cc1sccc1Cl. The van der Waals surface area contributed by atoms with E-state index in [1.165, 1.54) is 0 Å². The van der Waals surface area contributed by atoms with E-state index < -0.39 is 0 Å². The second-order valence-corrected chi connectivity index (χ2v) is 9.16. The minimum atomic E-state index is -0.248. The van der Waals surface area contributed by atoms with Gasteiger partial charge in [-0.1, -0.05) is 55.1 Å². The van der Waals surface area contributed by atoms with E-state index in [0.717, 1.165) is 19.8 Å². The van der Waals surface area contributed by atoms with Crippen molar-refractivity contribution in [2.45, 2.75) is 22.5 Å². The second-order valence-electron chi connectivity index (χ2n) is 4.13. The molecule has 0 amide bonds. The Bertz CT molecular complexity index is 546. The Hall–Kier alpha value is 0.610. The average molecular weight is 477 g/mol. The summed E-state index contributed by atoms with van der Waals surface area (Å²) < 4.78 is 0. The van der Waals surface area contributed by atoms with E-state index in [0.29, 0.717) is 12.8 Å². The maximum Gasteiger partial charge on any atom is 0.160 e. The van der Waals surface area contributed by atoms with Gasteiger partial charge in [0.15, 0.2) is 5.78 Å². The summed E-state index contributed by atoms with van der Waals surface area (Å²) >= 11 is 22.2. The van der Waals surface area contributed by atoms with E-state index >= 15 is 0 Å². The van der Waals surface area contributed by atoms with Crippen LogP contribution in [0.2, 0.25) is 10.0 Å². The van der Waals surface area contributed by atoms with Crippen LogP contribution in [0.4, 0.5) is 0 Å². The van der Waals surface area contributed by atoms with Crippen molar-refractivity contribution in [3.8, 4) is 0 Å². The zero-order chi connectivity index (χ0) is 14.7. The molecule has 0 saturated heterocycles. The van der Waals surface area contributed by atoms with Crippen molar-refractivity contribution in [1.82, 2.24) is 0 Å². The fourth-order valence-electron chi connectivity index (χ4n) is 1.66. The van der Waals surface area contributed by atoms with Crippen molar-refractivity contribution in [3.63, 3.8) is 0 Å². The molecule has 2 heterocycles. The first-order chi connectivity index (χ1) is 9.49. The molecule has 2 atom stereocenters. The molecule has 1 nitrogen and oxygen atoms in total. The van der Waals surface area contributed by atoms with Crippen LogP contribution in [-0.4, -0.2) is 15.4 Å². The standard InChI is InChI=1S/C13H10Br2Cl2OS2/c14-7(5-11-9(16)1-3-19-11)13(18)8(15)6-12-10(17)2-4-20-12/h1-4,7-8H,5-6H2. The van der Waals surface area contributed by atoms with Gasteiger partial charge < -0.3 is 0 Å². The molecule has 0 radical (unpaired) electrons. The maximum absolute atomic E-state index is 12.3. The molecule has 0 aliphatic heterocycles. The topological polar surface area (TPSA) is 17.1 Å². The highest BCUT2D eigenvalue weighted by molar-refractivity contribution is 9.10. The summed E-state index contributed by atoms with van der Waals surface area (Å²) in [4.78, 5) is 13.9. The fourth-order valence-corrected chi connectivity index (χ4v) is 6.05. The number of carbonyl (C=O) groups excluding carboxylic acids is 1. The normalized spacial score (nSPS) is 14.2. The molecule has 0 spiro atoms. The molecule has 0 aromatic carbocycles. The molecule has 2 aromatic rings. The van der Waals surface area contributed by atoms with Crippen LogP contribution in [0.15, 0.2) is 22.9 Å². The second kappa shape index (κ2) is 7.75. The Kier molecular flexibility index (Phi) is 6.57. The van der Waals surface area contributed by atoms with Gasteiger partial charge in [0.05, 0.1) is 19.7 Å². The minimum Gasteiger partial charge on any atom is -0.297 e. The summed E-state index contributed by atoms with van der Waals surface area (Å²) in [5.41, 5.74) is 0. The summed E-state index contributed by atoms with van der Waals surface area (Å²) in [6.07, 6.45) is 1.21. The highest BCUT2D eigenvalue weighted by Gasteiger charge is 2.25. The van der Waals surface area contributed by atoms with Crippen LogP contribution in [-0.2, 0) is 17.6 Å². The Morgan fingerprint density at radius 1 is 1.00 bits per heavy atom. The number of Topliss-reactive ketones (excluding diaryl/α,β-unsaturated/α-hetero) is 1. The molecular formula is C13H10Br2Cl2OS2. The first-order valence-corrected chi connectivity index (χ1v) is 10.1. The Balaban J connectivity index is 1.96. The lowest BCUT2D eigenvalue weighted by atomic mass is 10.1. The van der Waals surface area contributed by atoms with Gasteiger partial charge in [-0.05, 0) is 22.9 Å². The summed E-state index contributed by atoms with van der Waals surface area (Å²) in [5, 5.41) is 5.30. The Morgan fingerprint density at radius 2 is 1.40 bits per heavy atom. The number of carbonyl (C=O) groups is 1. The van der Waals surface area contributed by atoms with Gasteiger partial charge in [0.1, 0.15) is 0 Å². The molecule has 2 unspecified atom stereocenters. The highest BCUT2D eigenvalue weighted by atomic mass is 79.9. The molecule has 0 saturated carbocycles. The molecule has 0 aliphatic rings. The van der Waals surface area contributed by atoms with Crippen molar-refractivity contribution < 1.29 is 4.79 Å². The Morgan fingerprint density at radius 3 is 1.70 bits per heavy atom. The average Bonchev–Trinajstić information content (AvgIpc) is 2.99. The number of hydrogen-bond donors (Lipinski definition) is 0. The molecule has 0 bridgehead atoms. The van der Waals surface area contributed by atoms with Gasteiger partial charge in [-0.2, -0.15) is 0 Å². The first kappa shape index (κ1) is 17.0. The van der Waals surface area contributed by atoms with Gasteiger partial charge in [0.2, 0.25) is 0 Å². The molecule has 7 heteroatoms. The van der Waals surface area contributed by atoms with Gasteiger partial charge in [-0.15, -0.1) is 22.7 Å². The predicted molar refractivity (Wildman–Crippen MR) is 96.5 cm³/mol. The zero-order valence-electron chi connectivity index (χ0n) is 10.1. The maximum atomic E-state index is 12.3. The summed E-state index contributed by atoms with van der Waals surface area (Å²) in [6, 6.07) is 3.70. The third kappa shape index (κ3) is 4.31. The first-order valence-electron chi connectivity index (χ1n) is 5.74. The third-order valence-corrected chi connectivity index (χ3v) is 7.10. The molecule has 20 heavy (non-hydrogen) atoms. The van der Waals surface area contributed by atoms with Crippen LogP contribution in [0, 0.1) is 0 Å². The van der Waals surface area contributed by atoms with Crippen LogP contribution < -0.4 is 0 Å². The number of hydrogen-bond acceptors (Lipinski definition) is 3. The van der Waals surface area contributed by atoms with E-state index in [2.05, 4.69) is 31.9 Å². The van der Waals surface area contributed by atoms with Crippen molar-refractivity contribution in [1.29, 1.82) is 0 Å². The summed E-state index contributed by atoms with van der Waals surface area (Å²) in [6.45, 7) is 0. The van der Waals surface area contributed by atoms with Gasteiger partial charge in [0, 0.05) is 22.6 Å². The van der Waals surface area contributed by atoms with Crippen molar-refractivity contribution in [3.05, 3.63) is 42.7 Å². The molecule has 108 valence electrons. The minimum absolute atomic E-state index is 0.110. The number of halogens is 4. The monoisotopic (exact) mass is 474 g/mol. The van der Waals surface area contributed by atoms with Crippen molar-refractivity contribution in [2.24, 2.45) is 0 Å². The molecule has 2 rings (SSSR count). The van der Waals surface area contributed by atoms with Crippen molar-refractivity contribution >= 4 is 83.5 Å². The lowest BCUT2D eigenvalue weighted by molar-refractivity contribution is -0.117. The van der Waals surface area contributed by atoms with E-state index in [4.69, 9.17) is 23.2 Å². The largest absolute Gasteiger partial charge is 0.297 e. The molecule has 0 fully saturated rings. The van der Waals surface area contributed by atoms with Gasteiger partial charge in [0.25, 0.3) is 0 Å². The number of ketones is 1. The van der Waals surface area contributed by atoms with Crippen LogP contribution in [0.5, 0.6) is 0 Å². The number of rotatable bonds is 6. The van der Waals surface area contributed by atoms with Crippen LogP contribution in [0.25, 0.3) is 0 Å². The van der Waals surface area contributed by atoms with Gasteiger partial charge in [-0.3, -0.25) is 4.79 Å². The number of thiophene rings is 2. The lowest BCUT2D eigenvalue weighted by Crippen LogP contribution is -2.27. The molecule has 0 N–H and O–H groups in total. The van der Waals surface area contributed by atoms with E-state index in [-0.39, 0.29) is 15.4 Å². The predicted octanol–water partition coefficient (Wildman–Crippen LogP) is 6.00. The zero-order valence-corrected chi connectivity index (χ0v) is 16.4. The van der Waals surface area contributed by atoms with Gasteiger partial charge >= 0.3 is 0 Å². The van der Waals surface area contributed by atoms with E-state index in [9.17, 15) is 4.79 Å². The lowest BCUT2D eigenvalue weighted by Gasteiger charge is -2.13. The van der Waals surface area contributed by atoms with Gasteiger partial charge in [-0.25, -0.2) is 0 Å². The molecule has 2 aromatic heterocycles.